The molecule has 32 heavy (non-hydrogen) atoms. The molecule has 1 aromatic heterocycles. The van der Waals surface area contributed by atoms with Gasteiger partial charge in [-0.3, -0.25) is 9.59 Å². The zero-order valence-corrected chi connectivity index (χ0v) is 19.2. The van der Waals surface area contributed by atoms with Crippen LogP contribution >= 0.6 is 11.6 Å². The van der Waals surface area contributed by atoms with Gasteiger partial charge in [-0.15, -0.1) is 5.10 Å². The van der Waals surface area contributed by atoms with Gasteiger partial charge in [0.25, 0.3) is 11.8 Å². The molecule has 2 heterocycles. The molecule has 0 bridgehead atoms. The second-order valence-corrected chi connectivity index (χ2v) is 8.64. The molecule has 4 rings (SSSR count). The lowest BCUT2D eigenvalue weighted by Crippen LogP contribution is -2.50. The number of halogens is 1. The van der Waals surface area contributed by atoms with Gasteiger partial charge in [-0.25, -0.2) is 9.67 Å². The minimum absolute atomic E-state index is 0.0581. The number of rotatable bonds is 4. The Balaban J connectivity index is 1.46. The molecule has 1 aliphatic rings. The lowest BCUT2D eigenvalue weighted by atomic mass is 10.0. The number of nitrogens with zero attached hydrogens (tertiary/aromatic N) is 5. The summed E-state index contributed by atoms with van der Waals surface area (Å²) in [6.07, 6.45) is 0. The van der Waals surface area contributed by atoms with Gasteiger partial charge in [-0.05, 0) is 48.7 Å². The molecule has 0 aliphatic carbocycles. The smallest absolute Gasteiger partial charge is 0.293 e. The van der Waals surface area contributed by atoms with Crippen molar-refractivity contribution in [3.63, 3.8) is 0 Å². The summed E-state index contributed by atoms with van der Waals surface area (Å²) >= 11 is 5.91. The van der Waals surface area contributed by atoms with E-state index < -0.39 is 0 Å². The molecule has 1 aliphatic heterocycles. The third kappa shape index (κ3) is 4.39. The maximum Gasteiger partial charge on any atom is 0.293 e. The Hall–Kier alpha value is -3.19. The van der Waals surface area contributed by atoms with Crippen molar-refractivity contribution in [2.75, 3.05) is 26.2 Å². The predicted molar refractivity (Wildman–Crippen MR) is 123 cm³/mol. The molecule has 3 aromatic rings. The molecule has 0 atom stereocenters. The average Bonchev–Trinajstić information content (AvgIpc) is 3.20. The molecule has 0 radical (unpaired) electrons. The summed E-state index contributed by atoms with van der Waals surface area (Å²) in [5, 5.41) is 5.12. The second kappa shape index (κ2) is 9.12. The number of hydrogen-bond donors (Lipinski definition) is 0. The van der Waals surface area contributed by atoms with Gasteiger partial charge in [0, 0.05) is 36.8 Å². The SMILES string of the molecule is Cc1nc(C(=O)N2CCN(C(=O)c3ccc(Cl)cc3)CC2)nn1-c1ccccc1C(C)C. The highest BCUT2D eigenvalue weighted by atomic mass is 35.5. The van der Waals surface area contributed by atoms with Crippen molar-refractivity contribution in [1.82, 2.24) is 24.6 Å². The quantitative estimate of drug-likeness (QED) is 0.602. The Kier molecular flexibility index (Phi) is 6.28. The number of carbonyl (C=O) groups is 2. The number of piperazine rings is 1. The summed E-state index contributed by atoms with van der Waals surface area (Å²) in [5.74, 6) is 0.890. The molecule has 1 fully saturated rings. The number of hydrogen-bond acceptors (Lipinski definition) is 4. The number of benzene rings is 2. The third-order valence-corrected chi connectivity index (χ3v) is 5.94. The van der Waals surface area contributed by atoms with Crippen molar-refractivity contribution < 1.29 is 9.59 Å². The van der Waals surface area contributed by atoms with Crippen LogP contribution in [0.2, 0.25) is 5.02 Å². The van der Waals surface area contributed by atoms with E-state index in [9.17, 15) is 9.59 Å². The maximum absolute atomic E-state index is 13.1. The molecule has 0 unspecified atom stereocenters. The molecule has 2 aromatic carbocycles. The van der Waals surface area contributed by atoms with Crippen molar-refractivity contribution in [3.05, 3.63) is 76.3 Å². The summed E-state index contributed by atoms with van der Waals surface area (Å²) in [6.45, 7) is 7.91. The number of carbonyl (C=O) groups excluding carboxylic acids is 2. The van der Waals surface area contributed by atoms with E-state index in [1.807, 2.05) is 25.1 Å². The van der Waals surface area contributed by atoms with Crippen LogP contribution in [0.25, 0.3) is 5.69 Å². The van der Waals surface area contributed by atoms with Crippen LogP contribution in [0.15, 0.2) is 48.5 Å². The lowest BCUT2D eigenvalue weighted by molar-refractivity contribution is 0.0529. The second-order valence-electron chi connectivity index (χ2n) is 8.20. The minimum atomic E-state index is -0.215. The molecule has 0 spiro atoms. The summed E-state index contributed by atoms with van der Waals surface area (Å²) in [4.78, 5) is 33.7. The van der Waals surface area contributed by atoms with E-state index in [4.69, 9.17) is 11.6 Å². The highest BCUT2D eigenvalue weighted by molar-refractivity contribution is 6.30. The molecular formula is C24H26ClN5O2. The van der Waals surface area contributed by atoms with Gasteiger partial charge >= 0.3 is 0 Å². The highest BCUT2D eigenvalue weighted by Crippen LogP contribution is 2.23. The molecule has 0 N–H and O–H groups in total. The fourth-order valence-corrected chi connectivity index (χ4v) is 4.03. The first-order valence-corrected chi connectivity index (χ1v) is 11.1. The summed E-state index contributed by atoms with van der Waals surface area (Å²) < 4.78 is 1.74. The summed E-state index contributed by atoms with van der Waals surface area (Å²) in [6, 6.07) is 14.9. The lowest BCUT2D eigenvalue weighted by Gasteiger charge is -2.34. The number of amides is 2. The molecular weight excluding hydrogens is 426 g/mol. The minimum Gasteiger partial charge on any atom is -0.335 e. The van der Waals surface area contributed by atoms with Crippen LogP contribution in [0.1, 0.15) is 52.1 Å². The normalized spacial score (nSPS) is 14.2. The van der Waals surface area contributed by atoms with E-state index in [2.05, 4.69) is 30.0 Å². The Labute approximate surface area is 192 Å². The predicted octanol–water partition coefficient (Wildman–Crippen LogP) is 3.95. The molecule has 166 valence electrons. The number of aromatic nitrogens is 3. The van der Waals surface area contributed by atoms with Crippen LogP contribution in [0.5, 0.6) is 0 Å². The Morgan fingerprint density at radius 1 is 0.906 bits per heavy atom. The van der Waals surface area contributed by atoms with Crippen LogP contribution in [-0.2, 0) is 0 Å². The fourth-order valence-electron chi connectivity index (χ4n) is 3.91. The summed E-state index contributed by atoms with van der Waals surface area (Å²) in [5.41, 5.74) is 2.67. The van der Waals surface area contributed by atoms with E-state index in [1.165, 1.54) is 0 Å². The largest absolute Gasteiger partial charge is 0.335 e. The van der Waals surface area contributed by atoms with Gasteiger partial charge < -0.3 is 9.80 Å². The zero-order chi connectivity index (χ0) is 22.8. The van der Waals surface area contributed by atoms with Crippen LogP contribution < -0.4 is 0 Å². The van der Waals surface area contributed by atoms with Gasteiger partial charge in [-0.1, -0.05) is 43.6 Å². The van der Waals surface area contributed by atoms with Crippen LogP contribution in [0.4, 0.5) is 0 Å². The van der Waals surface area contributed by atoms with E-state index >= 15 is 0 Å². The Bertz CT molecular complexity index is 1130. The van der Waals surface area contributed by atoms with Crippen molar-refractivity contribution >= 4 is 23.4 Å². The first-order chi connectivity index (χ1) is 15.3. The first-order valence-electron chi connectivity index (χ1n) is 10.7. The topological polar surface area (TPSA) is 71.3 Å². The monoisotopic (exact) mass is 451 g/mol. The molecule has 1 saturated heterocycles. The highest BCUT2D eigenvalue weighted by Gasteiger charge is 2.28. The third-order valence-electron chi connectivity index (χ3n) is 5.69. The first kappa shape index (κ1) is 22.0. The number of aryl methyl sites for hydroxylation is 1. The fraction of sp³-hybridized carbons (Fsp3) is 0.333. The van der Waals surface area contributed by atoms with Crippen molar-refractivity contribution in [3.8, 4) is 5.69 Å². The molecule has 8 heteroatoms. The van der Waals surface area contributed by atoms with E-state index in [0.717, 1.165) is 11.3 Å². The Morgan fingerprint density at radius 3 is 2.12 bits per heavy atom. The molecule has 7 nitrogen and oxygen atoms in total. The van der Waals surface area contributed by atoms with Gasteiger partial charge in [0.05, 0.1) is 5.69 Å². The molecule has 0 saturated carbocycles. The van der Waals surface area contributed by atoms with E-state index in [1.54, 1.807) is 38.7 Å². The van der Waals surface area contributed by atoms with Crippen LogP contribution in [0.3, 0.4) is 0 Å². The van der Waals surface area contributed by atoms with Crippen LogP contribution in [0, 0.1) is 6.92 Å². The van der Waals surface area contributed by atoms with Crippen LogP contribution in [-0.4, -0.2) is 62.6 Å². The van der Waals surface area contributed by atoms with Crippen molar-refractivity contribution in [2.45, 2.75) is 26.7 Å². The van der Waals surface area contributed by atoms with Gasteiger partial charge in [0.1, 0.15) is 5.82 Å². The Morgan fingerprint density at radius 2 is 1.50 bits per heavy atom. The van der Waals surface area contributed by atoms with Gasteiger partial charge in [0.2, 0.25) is 5.82 Å². The average molecular weight is 452 g/mol. The van der Waals surface area contributed by atoms with Gasteiger partial charge in [0.15, 0.2) is 0 Å². The van der Waals surface area contributed by atoms with Crippen molar-refractivity contribution in [1.29, 1.82) is 0 Å². The zero-order valence-electron chi connectivity index (χ0n) is 18.5. The summed E-state index contributed by atoms with van der Waals surface area (Å²) in [7, 11) is 0. The van der Waals surface area contributed by atoms with E-state index in [0.29, 0.717) is 48.5 Å². The number of para-hydroxylation sites is 1. The standard InChI is InChI=1S/C24H26ClN5O2/c1-16(2)20-6-4-5-7-21(20)30-17(3)26-22(27-30)24(32)29-14-12-28(13-15-29)23(31)18-8-10-19(25)11-9-18/h4-11,16H,12-15H2,1-3H3. The van der Waals surface area contributed by atoms with Gasteiger partial charge in [-0.2, -0.15) is 0 Å². The van der Waals surface area contributed by atoms with Crippen molar-refractivity contribution in [2.24, 2.45) is 0 Å². The van der Waals surface area contributed by atoms with E-state index in [-0.39, 0.29) is 17.6 Å². The molecule has 2 amide bonds. The maximum atomic E-state index is 13.1.